The SMILES string of the molecule is COc1ccc(NC(=O)C2(C(C)(F)F)CC2)cc1NC(=O)c1cccc(F)c1. The van der Waals surface area contributed by atoms with Gasteiger partial charge in [-0.2, -0.15) is 0 Å². The van der Waals surface area contributed by atoms with Gasteiger partial charge >= 0.3 is 0 Å². The van der Waals surface area contributed by atoms with E-state index in [4.69, 9.17) is 4.74 Å². The van der Waals surface area contributed by atoms with Crippen LogP contribution in [0, 0.1) is 11.2 Å². The molecule has 2 N–H and O–H groups in total. The summed E-state index contributed by atoms with van der Waals surface area (Å²) in [7, 11) is 1.39. The van der Waals surface area contributed by atoms with Gasteiger partial charge in [0.15, 0.2) is 0 Å². The number of methoxy groups -OCH3 is 1. The second-order valence-electron chi connectivity index (χ2n) is 6.80. The van der Waals surface area contributed by atoms with Crippen LogP contribution < -0.4 is 15.4 Å². The lowest BCUT2D eigenvalue weighted by Gasteiger charge is -2.22. The number of ether oxygens (including phenoxy) is 1. The van der Waals surface area contributed by atoms with Crippen molar-refractivity contribution in [1.29, 1.82) is 0 Å². The molecular formula is C20H19F3N2O3. The van der Waals surface area contributed by atoms with Gasteiger partial charge in [0.25, 0.3) is 11.8 Å². The van der Waals surface area contributed by atoms with Crippen molar-refractivity contribution in [2.24, 2.45) is 5.41 Å². The van der Waals surface area contributed by atoms with Crippen molar-refractivity contribution in [3.05, 3.63) is 53.8 Å². The maximum atomic E-state index is 13.7. The molecule has 0 bridgehead atoms. The van der Waals surface area contributed by atoms with E-state index in [9.17, 15) is 22.8 Å². The van der Waals surface area contributed by atoms with Gasteiger partial charge in [0, 0.05) is 18.2 Å². The third kappa shape index (κ3) is 3.81. The Morgan fingerprint density at radius 3 is 2.39 bits per heavy atom. The summed E-state index contributed by atoms with van der Waals surface area (Å²) in [6.07, 6.45) is 0.226. The van der Waals surface area contributed by atoms with Crippen molar-refractivity contribution < 1.29 is 27.5 Å². The lowest BCUT2D eigenvalue weighted by Crippen LogP contribution is -2.37. The minimum atomic E-state index is -3.13. The van der Waals surface area contributed by atoms with Gasteiger partial charge in [0.2, 0.25) is 5.91 Å². The Balaban J connectivity index is 1.81. The normalized spacial score (nSPS) is 14.9. The highest BCUT2D eigenvalue weighted by molar-refractivity contribution is 6.06. The third-order valence-corrected chi connectivity index (χ3v) is 4.82. The fourth-order valence-electron chi connectivity index (χ4n) is 2.95. The molecule has 0 heterocycles. The first-order chi connectivity index (χ1) is 13.2. The van der Waals surface area contributed by atoms with Crippen LogP contribution in [-0.2, 0) is 4.79 Å². The lowest BCUT2D eigenvalue weighted by molar-refractivity contribution is -0.136. The predicted octanol–water partition coefficient (Wildman–Crippen LogP) is 4.46. The summed E-state index contributed by atoms with van der Waals surface area (Å²) in [5.74, 6) is -4.74. The number of alkyl halides is 2. The van der Waals surface area contributed by atoms with Crippen LogP contribution in [0.25, 0.3) is 0 Å². The number of amides is 2. The van der Waals surface area contributed by atoms with Crippen LogP contribution in [0.15, 0.2) is 42.5 Å². The Morgan fingerprint density at radius 2 is 1.82 bits per heavy atom. The monoisotopic (exact) mass is 392 g/mol. The zero-order valence-corrected chi connectivity index (χ0v) is 15.3. The average molecular weight is 392 g/mol. The number of benzene rings is 2. The average Bonchev–Trinajstić information content (AvgIpc) is 3.44. The largest absolute Gasteiger partial charge is 0.495 e. The summed E-state index contributed by atoms with van der Waals surface area (Å²) in [5.41, 5.74) is -1.16. The number of rotatable bonds is 6. The molecule has 0 atom stereocenters. The van der Waals surface area contributed by atoms with Crippen molar-refractivity contribution in [3.8, 4) is 5.75 Å². The molecule has 148 valence electrons. The van der Waals surface area contributed by atoms with Crippen molar-refractivity contribution in [2.45, 2.75) is 25.7 Å². The van der Waals surface area contributed by atoms with Gasteiger partial charge in [-0.25, -0.2) is 13.2 Å². The van der Waals surface area contributed by atoms with E-state index < -0.39 is 29.0 Å². The molecule has 8 heteroatoms. The summed E-state index contributed by atoms with van der Waals surface area (Å²) in [5, 5.41) is 5.05. The first-order valence-electron chi connectivity index (χ1n) is 8.60. The number of carbonyl (C=O) groups is 2. The molecule has 0 saturated heterocycles. The molecule has 3 rings (SSSR count). The van der Waals surface area contributed by atoms with Crippen LogP contribution in [-0.4, -0.2) is 24.8 Å². The number of hydrogen-bond donors (Lipinski definition) is 2. The Bertz CT molecular complexity index is 921. The molecule has 1 fully saturated rings. The zero-order valence-electron chi connectivity index (χ0n) is 15.3. The smallest absolute Gasteiger partial charge is 0.259 e. The Kier molecular flexibility index (Phi) is 5.06. The zero-order chi connectivity index (χ0) is 20.5. The number of hydrogen-bond acceptors (Lipinski definition) is 3. The van der Waals surface area contributed by atoms with Gasteiger partial charge in [0.05, 0.1) is 12.8 Å². The molecule has 0 aromatic heterocycles. The van der Waals surface area contributed by atoms with Crippen molar-refractivity contribution in [2.75, 3.05) is 17.7 Å². The standard InChI is InChI=1S/C20H19F3N2O3/c1-19(22,23)20(8-9-20)18(27)24-14-6-7-16(28-2)15(11-14)25-17(26)12-4-3-5-13(21)10-12/h3-7,10-11H,8-9H2,1-2H3,(H,24,27)(H,25,26). The number of nitrogens with one attached hydrogen (secondary N) is 2. The summed E-state index contributed by atoms with van der Waals surface area (Å²) in [4.78, 5) is 24.7. The van der Waals surface area contributed by atoms with Crippen LogP contribution in [0.4, 0.5) is 24.5 Å². The topological polar surface area (TPSA) is 67.4 Å². The van der Waals surface area contributed by atoms with Crippen molar-refractivity contribution in [3.63, 3.8) is 0 Å². The van der Waals surface area contributed by atoms with Crippen molar-refractivity contribution in [1.82, 2.24) is 0 Å². The predicted molar refractivity (Wildman–Crippen MR) is 98.3 cm³/mol. The van der Waals surface area contributed by atoms with Crippen LogP contribution in [0.3, 0.4) is 0 Å². The number of anilines is 2. The van der Waals surface area contributed by atoms with E-state index in [2.05, 4.69) is 10.6 Å². The number of halogens is 3. The molecule has 0 spiro atoms. The van der Waals surface area contributed by atoms with Crippen LogP contribution in [0.2, 0.25) is 0 Å². The molecule has 2 aromatic carbocycles. The second kappa shape index (κ2) is 7.18. The fourth-order valence-corrected chi connectivity index (χ4v) is 2.95. The fraction of sp³-hybridized carbons (Fsp3) is 0.300. The molecule has 0 unspecified atom stereocenters. The van der Waals surface area contributed by atoms with E-state index in [0.29, 0.717) is 5.75 Å². The summed E-state index contributed by atoms with van der Waals surface area (Å²) in [6.45, 7) is 0.734. The quantitative estimate of drug-likeness (QED) is 0.763. The van der Waals surface area contributed by atoms with E-state index in [-0.39, 0.29) is 29.8 Å². The lowest BCUT2D eigenvalue weighted by atomic mass is 9.98. The van der Waals surface area contributed by atoms with Crippen LogP contribution in [0.1, 0.15) is 30.1 Å². The summed E-state index contributed by atoms with van der Waals surface area (Å²) in [6, 6.07) is 9.50. The summed E-state index contributed by atoms with van der Waals surface area (Å²) >= 11 is 0. The van der Waals surface area contributed by atoms with Gasteiger partial charge in [0.1, 0.15) is 17.0 Å². The van der Waals surface area contributed by atoms with Crippen LogP contribution >= 0.6 is 0 Å². The van der Waals surface area contributed by atoms with Gasteiger partial charge in [-0.15, -0.1) is 0 Å². The molecular weight excluding hydrogens is 373 g/mol. The Morgan fingerprint density at radius 1 is 1.11 bits per heavy atom. The molecule has 2 aromatic rings. The highest BCUT2D eigenvalue weighted by Crippen LogP contribution is 2.57. The minimum Gasteiger partial charge on any atom is -0.495 e. The molecule has 2 amide bonds. The molecule has 5 nitrogen and oxygen atoms in total. The molecule has 0 aliphatic heterocycles. The van der Waals surface area contributed by atoms with Gasteiger partial charge in [-0.05, 0) is 49.2 Å². The maximum Gasteiger partial charge on any atom is 0.259 e. The van der Waals surface area contributed by atoms with Gasteiger partial charge in [-0.1, -0.05) is 6.07 Å². The Labute approximate surface area is 159 Å². The molecule has 28 heavy (non-hydrogen) atoms. The van der Waals surface area contributed by atoms with E-state index in [1.807, 2.05) is 0 Å². The van der Waals surface area contributed by atoms with E-state index in [1.165, 1.54) is 43.5 Å². The van der Waals surface area contributed by atoms with E-state index in [0.717, 1.165) is 13.0 Å². The second-order valence-corrected chi connectivity index (χ2v) is 6.80. The molecule has 1 saturated carbocycles. The molecule has 1 aliphatic rings. The molecule has 0 radical (unpaired) electrons. The first-order valence-corrected chi connectivity index (χ1v) is 8.60. The van der Waals surface area contributed by atoms with E-state index in [1.54, 1.807) is 0 Å². The Hall–Kier alpha value is -3.03. The van der Waals surface area contributed by atoms with E-state index >= 15 is 0 Å². The molecule has 1 aliphatic carbocycles. The first kappa shape index (κ1) is 19.7. The van der Waals surface area contributed by atoms with Crippen LogP contribution in [0.5, 0.6) is 5.75 Å². The highest BCUT2D eigenvalue weighted by atomic mass is 19.3. The highest BCUT2D eigenvalue weighted by Gasteiger charge is 2.64. The van der Waals surface area contributed by atoms with Gasteiger partial charge < -0.3 is 15.4 Å². The van der Waals surface area contributed by atoms with Crippen molar-refractivity contribution >= 4 is 23.2 Å². The number of carbonyl (C=O) groups excluding carboxylic acids is 2. The minimum absolute atomic E-state index is 0.0963. The maximum absolute atomic E-state index is 13.7. The van der Waals surface area contributed by atoms with Gasteiger partial charge in [-0.3, -0.25) is 9.59 Å². The summed E-state index contributed by atoms with van der Waals surface area (Å²) < 4.78 is 46.0. The third-order valence-electron chi connectivity index (χ3n) is 4.82.